The summed E-state index contributed by atoms with van der Waals surface area (Å²) in [5.74, 6) is 0.516. The van der Waals surface area contributed by atoms with Crippen molar-refractivity contribution in [3.63, 3.8) is 0 Å². The second-order valence-corrected chi connectivity index (χ2v) is 6.44. The van der Waals surface area contributed by atoms with E-state index in [1.165, 1.54) is 0 Å². The number of carbonyl (C=O) groups is 1. The average molecular weight is 379 g/mol. The van der Waals surface area contributed by atoms with Gasteiger partial charge >= 0.3 is 0 Å². The Kier molecular flexibility index (Phi) is 6.23. The first-order valence-electron chi connectivity index (χ1n) is 8.48. The Hall–Kier alpha value is -3.11. The van der Waals surface area contributed by atoms with E-state index in [0.717, 1.165) is 22.4 Å². The highest BCUT2D eigenvalue weighted by molar-refractivity contribution is 6.30. The van der Waals surface area contributed by atoms with E-state index in [9.17, 15) is 4.79 Å². The van der Waals surface area contributed by atoms with E-state index in [0.29, 0.717) is 17.2 Å². The van der Waals surface area contributed by atoms with Crippen molar-refractivity contribution in [1.82, 2.24) is 5.43 Å². The molecule has 0 bridgehead atoms. The van der Waals surface area contributed by atoms with E-state index < -0.39 is 0 Å². The zero-order chi connectivity index (χ0) is 19.1. The number of hydrogen-bond acceptors (Lipinski definition) is 3. The summed E-state index contributed by atoms with van der Waals surface area (Å²) in [6.07, 6.45) is 1.59. The summed E-state index contributed by atoms with van der Waals surface area (Å²) in [4.78, 5) is 12.1. The summed E-state index contributed by atoms with van der Waals surface area (Å²) in [6.45, 7) is 2.33. The first-order valence-corrected chi connectivity index (χ1v) is 8.86. The van der Waals surface area contributed by atoms with Gasteiger partial charge in [-0.05, 0) is 66.1 Å². The van der Waals surface area contributed by atoms with Crippen molar-refractivity contribution in [2.24, 2.45) is 5.10 Å². The van der Waals surface area contributed by atoms with Gasteiger partial charge in [0.1, 0.15) is 12.4 Å². The second-order valence-electron chi connectivity index (χ2n) is 6.00. The predicted octanol–water partition coefficient (Wildman–Crippen LogP) is 4.99. The number of hydrogen-bond donors (Lipinski definition) is 1. The molecule has 0 atom stereocenters. The lowest BCUT2D eigenvalue weighted by atomic mass is 10.1. The van der Waals surface area contributed by atoms with E-state index in [2.05, 4.69) is 10.5 Å². The fourth-order valence-corrected chi connectivity index (χ4v) is 2.71. The molecule has 3 aromatic rings. The monoisotopic (exact) mass is 378 g/mol. The Morgan fingerprint density at radius 1 is 1.07 bits per heavy atom. The van der Waals surface area contributed by atoms with Crippen LogP contribution < -0.4 is 10.2 Å². The van der Waals surface area contributed by atoms with E-state index in [4.69, 9.17) is 16.3 Å². The number of aryl methyl sites for hydroxylation is 1. The number of ether oxygens (including phenoxy) is 1. The van der Waals surface area contributed by atoms with Gasteiger partial charge in [0, 0.05) is 10.6 Å². The largest absolute Gasteiger partial charge is 0.489 e. The molecule has 0 unspecified atom stereocenters. The molecule has 0 aliphatic carbocycles. The highest BCUT2D eigenvalue weighted by Gasteiger charge is 2.06. The molecule has 0 aliphatic heterocycles. The van der Waals surface area contributed by atoms with Gasteiger partial charge in [0.25, 0.3) is 5.91 Å². The van der Waals surface area contributed by atoms with Crippen LogP contribution >= 0.6 is 11.6 Å². The van der Waals surface area contributed by atoms with Crippen LogP contribution in [0.5, 0.6) is 5.75 Å². The van der Waals surface area contributed by atoms with Crippen LogP contribution in [0.15, 0.2) is 77.9 Å². The van der Waals surface area contributed by atoms with E-state index >= 15 is 0 Å². The molecule has 1 N–H and O–H groups in total. The van der Waals surface area contributed by atoms with E-state index in [1.54, 1.807) is 12.3 Å². The van der Waals surface area contributed by atoms with E-state index in [-0.39, 0.29) is 5.91 Å². The molecule has 0 saturated heterocycles. The summed E-state index contributed by atoms with van der Waals surface area (Å²) < 4.78 is 5.74. The summed E-state index contributed by atoms with van der Waals surface area (Å²) in [5, 5.41) is 4.70. The Morgan fingerprint density at radius 2 is 1.85 bits per heavy atom. The summed E-state index contributed by atoms with van der Waals surface area (Å²) in [6, 6.07) is 22.4. The predicted molar refractivity (Wildman–Crippen MR) is 108 cm³/mol. The number of amides is 1. The number of benzene rings is 3. The molecule has 136 valence electrons. The minimum atomic E-state index is -0.231. The standard InChI is InChI=1S/C22H19ClN2O2/c1-16-5-2-3-8-21(16)22(26)25-24-14-17-9-11-20(12-10-17)27-15-18-6-4-7-19(23)13-18/h2-14H,15H2,1H3,(H,25,26)/b24-14-. The number of nitrogens with zero attached hydrogens (tertiary/aromatic N) is 1. The van der Waals surface area contributed by atoms with Crippen LogP contribution in [0.25, 0.3) is 0 Å². The van der Waals surface area contributed by atoms with Crippen molar-refractivity contribution in [2.75, 3.05) is 0 Å². The minimum absolute atomic E-state index is 0.231. The molecule has 4 nitrogen and oxygen atoms in total. The fraction of sp³-hybridized carbons (Fsp3) is 0.0909. The van der Waals surface area contributed by atoms with E-state index in [1.807, 2.05) is 73.7 Å². The third kappa shape index (κ3) is 5.43. The normalized spacial score (nSPS) is 10.7. The molecule has 0 radical (unpaired) electrons. The number of rotatable bonds is 6. The molecule has 27 heavy (non-hydrogen) atoms. The topological polar surface area (TPSA) is 50.7 Å². The van der Waals surface area contributed by atoms with Crippen molar-refractivity contribution in [2.45, 2.75) is 13.5 Å². The van der Waals surface area contributed by atoms with Gasteiger partial charge in [0.15, 0.2) is 0 Å². The second kappa shape index (κ2) is 9.01. The highest BCUT2D eigenvalue weighted by Crippen LogP contribution is 2.16. The lowest BCUT2D eigenvalue weighted by Gasteiger charge is -2.07. The van der Waals surface area contributed by atoms with Crippen LogP contribution in [0.4, 0.5) is 0 Å². The number of hydrazone groups is 1. The lowest BCUT2D eigenvalue weighted by molar-refractivity contribution is 0.0954. The maximum absolute atomic E-state index is 12.1. The molecule has 3 rings (SSSR count). The van der Waals surface area contributed by atoms with Crippen LogP contribution in [-0.4, -0.2) is 12.1 Å². The van der Waals surface area contributed by atoms with Crippen LogP contribution in [-0.2, 0) is 6.61 Å². The van der Waals surface area contributed by atoms with Gasteiger partial charge in [0.2, 0.25) is 0 Å². The quantitative estimate of drug-likeness (QED) is 0.485. The SMILES string of the molecule is Cc1ccccc1C(=O)N/N=C\c1ccc(OCc2cccc(Cl)c2)cc1. The molecule has 5 heteroatoms. The van der Waals surface area contributed by atoms with Crippen molar-refractivity contribution < 1.29 is 9.53 Å². The molecule has 1 amide bonds. The fourth-order valence-electron chi connectivity index (χ4n) is 2.50. The Bertz CT molecular complexity index is 953. The van der Waals surface area contributed by atoms with Crippen LogP contribution in [0.3, 0.4) is 0 Å². The third-order valence-electron chi connectivity index (χ3n) is 3.94. The van der Waals surface area contributed by atoms with Crippen molar-refractivity contribution in [3.8, 4) is 5.75 Å². The minimum Gasteiger partial charge on any atom is -0.489 e. The van der Waals surface area contributed by atoms with Gasteiger partial charge in [-0.1, -0.05) is 41.9 Å². The van der Waals surface area contributed by atoms with Crippen LogP contribution in [0, 0.1) is 6.92 Å². The van der Waals surface area contributed by atoms with Crippen LogP contribution in [0.1, 0.15) is 27.0 Å². The van der Waals surface area contributed by atoms with Crippen molar-refractivity contribution in [3.05, 3.63) is 100 Å². The van der Waals surface area contributed by atoms with Crippen LogP contribution in [0.2, 0.25) is 5.02 Å². The van der Waals surface area contributed by atoms with Gasteiger partial charge in [-0.15, -0.1) is 0 Å². The Labute approximate surface area is 163 Å². The first-order chi connectivity index (χ1) is 13.1. The first kappa shape index (κ1) is 18.7. The van der Waals surface area contributed by atoms with Crippen molar-refractivity contribution >= 4 is 23.7 Å². The maximum Gasteiger partial charge on any atom is 0.271 e. The number of carbonyl (C=O) groups excluding carboxylic acids is 1. The summed E-state index contributed by atoms with van der Waals surface area (Å²) >= 11 is 5.97. The van der Waals surface area contributed by atoms with Gasteiger partial charge in [-0.2, -0.15) is 5.10 Å². The zero-order valence-electron chi connectivity index (χ0n) is 14.9. The van der Waals surface area contributed by atoms with Gasteiger partial charge in [-0.25, -0.2) is 5.43 Å². The average Bonchev–Trinajstić information content (AvgIpc) is 2.68. The number of nitrogens with one attached hydrogen (secondary N) is 1. The molecule has 3 aromatic carbocycles. The van der Waals surface area contributed by atoms with Gasteiger partial charge < -0.3 is 4.74 Å². The molecule has 0 spiro atoms. The summed E-state index contributed by atoms with van der Waals surface area (Å²) in [5.41, 5.74) is 5.92. The third-order valence-corrected chi connectivity index (χ3v) is 4.18. The summed E-state index contributed by atoms with van der Waals surface area (Å²) in [7, 11) is 0. The Morgan fingerprint density at radius 3 is 2.59 bits per heavy atom. The highest BCUT2D eigenvalue weighted by atomic mass is 35.5. The molecule has 0 aliphatic rings. The van der Waals surface area contributed by atoms with Crippen molar-refractivity contribution in [1.29, 1.82) is 0 Å². The lowest BCUT2D eigenvalue weighted by Crippen LogP contribution is -2.18. The zero-order valence-corrected chi connectivity index (χ0v) is 15.6. The smallest absolute Gasteiger partial charge is 0.271 e. The Balaban J connectivity index is 1.53. The maximum atomic E-state index is 12.1. The molecular weight excluding hydrogens is 360 g/mol. The molecule has 0 aromatic heterocycles. The molecule has 0 fully saturated rings. The molecule has 0 saturated carbocycles. The van der Waals surface area contributed by atoms with Gasteiger partial charge in [0.05, 0.1) is 6.21 Å². The molecular formula is C22H19ClN2O2. The number of halogens is 1. The van der Waals surface area contributed by atoms with Gasteiger partial charge in [-0.3, -0.25) is 4.79 Å². The molecule has 0 heterocycles.